The molecule has 0 aliphatic heterocycles. The number of sulfonamides is 1. The van der Waals surface area contributed by atoms with Gasteiger partial charge in [-0.3, -0.25) is 0 Å². The van der Waals surface area contributed by atoms with E-state index in [4.69, 9.17) is 15.0 Å². The van der Waals surface area contributed by atoms with Crippen LogP contribution >= 0.6 is 11.3 Å². The summed E-state index contributed by atoms with van der Waals surface area (Å²) >= 11 is 0.781. The van der Waals surface area contributed by atoms with Gasteiger partial charge in [0.05, 0.1) is 4.88 Å². The monoisotopic (exact) mass is 477 g/mol. The summed E-state index contributed by atoms with van der Waals surface area (Å²) in [6.45, 7) is 0. The summed E-state index contributed by atoms with van der Waals surface area (Å²) in [6.07, 6.45) is -5.89. The number of nitrogens with one attached hydrogen (secondary N) is 1. The van der Waals surface area contributed by atoms with Crippen molar-refractivity contribution < 1.29 is 41.1 Å². The van der Waals surface area contributed by atoms with E-state index >= 15 is 0 Å². The Labute approximate surface area is 177 Å². The van der Waals surface area contributed by atoms with E-state index in [1.807, 2.05) is 30.3 Å². The fourth-order valence-corrected chi connectivity index (χ4v) is 5.21. The molecule has 9 nitrogen and oxygen atoms in total. The molecule has 0 bridgehead atoms. The van der Waals surface area contributed by atoms with Crippen LogP contribution in [0.2, 0.25) is 0 Å². The fraction of sp³-hybridized carbons (Fsp3) is 0.235. The van der Waals surface area contributed by atoms with Crippen LogP contribution in [0.25, 0.3) is 10.7 Å². The number of alkyl halides is 3. The third kappa shape index (κ3) is 5.80. The highest BCUT2D eigenvalue weighted by Gasteiger charge is 2.42. The number of nitrogens with zero attached hydrogens (tertiary/aromatic N) is 2. The van der Waals surface area contributed by atoms with Crippen LogP contribution in [0.3, 0.4) is 0 Å². The van der Waals surface area contributed by atoms with Gasteiger partial charge in [0.25, 0.3) is 0 Å². The molecule has 4 rings (SSSR count). The first kappa shape index (κ1) is 22.7. The van der Waals surface area contributed by atoms with Crippen molar-refractivity contribution in [3.8, 4) is 10.7 Å². The molecule has 0 saturated heterocycles. The summed E-state index contributed by atoms with van der Waals surface area (Å²) in [5.41, 5.74) is 1.06. The molecule has 0 unspecified atom stereocenters. The molecule has 1 aromatic carbocycles. The second-order valence-electron chi connectivity index (χ2n) is 6.30. The number of carbonyl (C=O) groups is 1. The molecular formula is C17H14F3N3O6S2. The van der Waals surface area contributed by atoms with E-state index in [2.05, 4.69) is 19.4 Å². The normalized spacial score (nSPS) is 18.2. The van der Waals surface area contributed by atoms with Crippen LogP contribution in [0.15, 0.2) is 51.2 Å². The number of hydrogen-bond donors (Lipinski definition) is 3. The number of thiophene rings is 1. The Kier molecular flexibility index (Phi) is 6.33. The molecule has 1 aliphatic carbocycles. The fourth-order valence-electron chi connectivity index (χ4n) is 2.67. The average molecular weight is 477 g/mol. The molecule has 0 radical (unpaired) electrons. The molecule has 1 aliphatic rings. The first-order chi connectivity index (χ1) is 14.5. The first-order valence-corrected chi connectivity index (χ1v) is 10.8. The molecule has 1 fully saturated rings. The van der Waals surface area contributed by atoms with Crippen LogP contribution in [0.1, 0.15) is 23.8 Å². The third-order valence-electron chi connectivity index (χ3n) is 4.06. The Hall–Kier alpha value is -2.97. The van der Waals surface area contributed by atoms with Crippen molar-refractivity contribution in [3.63, 3.8) is 0 Å². The van der Waals surface area contributed by atoms with Crippen molar-refractivity contribution in [3.05, 3.63) is 53.9 Å². The van der Waals surface area contributed by atoms with Gasteiger partial charge in [0.2, 0.25) is 15.8 Å². The Morgan fingerprint density at radius 3 is 2.39 bits per heavy atom. The first-order valence-electron chi connectivity index (χ1n) is 8.47. The van der Waals surface area contributed by atoms with Crippen molar-refractivity contribution in [1.82, 2.24) is 14.9 Å². The van der Waals surface area contributed by atoms with Gasteiger partial charge >= 0.3 is 18.2 Å². The van der Waals surface area contributed by atoms with Gasteiger partial charge in [0, 0.05) is 12.0 Å². The van der Waals surface area contributed by atoms with Crippen molar-refractivity contribution in [2.45, 2.75) is 28.8 Å². The molecule has 2 heterocycles. The summed E-state index contributed by atoms with van der Waals surface area (Å²) in [7, 11) is -3.79. The molecular weight excluding hydrogens is 463 g/mol. The predicted molar refractivity (Wildman–Crippen MR) is 101 cm³/mol. The zero-order valence-corrected chi connectivity index (χ0v) is 16.9. The van der Waals surface area contributed by atoms with Gasteiger partial charge < -0.3 is 14.7 Å². The van der Waals surface area contributed by atoms with E-state index < -0.39 is 28.2 Å². The number of carboxylic acid groups (broad SMARTS) is 2. The maximum atomic E-state index is 12.5. The van der Waals surface area contributed by atoms with E-state index in [0.717, 1.165) is 16.9 Å². The molecule has 0 amide bonds. The number of rotatable bonds is 5. The van der Waals surface area contributed by atoms with Crippen LogP contribution in [-0.2, 0) is 16.2 Å². The Bertz CT molecular complexity index is 1160. The van der Waals surface area contributed by atoms with Gasteiger partial charge in [-0.2, -0.15) is 18.2 Å². The van der Waals surface area contributed by atoms with Crippen LogP contribution in [-0.4, -0.2) is 41.0 Å². The van der Waals surface area contributed by atoms with E-state index in [1.54, 1.807) is 0 Å². The molecule has 31 heavy (non-hydrogen) atoms. The second-order valence-corrected chi connectivity index (χ2v) is 9.33. The smallest absolute Gasteiger partial charge is 0.450 e. The Morgan fingerprint density at radius 1 is 1.16 bits per heavy atom. The third-order valence-corrected chi connectivity index (χ3v) is 7.12. The van der Waals surface area contributed by atoms with Crippen molar-refractivity contribution in [2.24, 2.45) is 0 Å². The lowest BCUT2D eigenvalue weighted by atomic mass is 10.1. The van der Waals surface area contributed by atoms with Gasteiger partial charge in [0.15, 0.2) is 0 Å². The molecule has 166 valence electrons. The maximum absolute atomic E-state index is 12.5. The van der Waals surface area contributed by atoms with Crippen LogP contribution in [0.4, 0.5) is 18.0 Å². The quantitative estimate of drug-likeness (QED) is 0.503. The maximum Gasteiger partial charge on any atom is 0.503 e. The van der Waals surface area contributed by atoms with E-state index in [0.29, 0.717) is 6.42 Å². The van der Waals surface area contributed by atoms with Crippen molar-refractivity contribution >= 4 is 27.5 Å². The zero-order chi connectivity index (χ0) is 22.8. The van der Waals surface area contributed by atoms with Gasteiger partial charge in [0.1, 0.15) is 4.21 Å². The van der Waals surface area contributed by atoms with E-state index in [-0.39, 0.29) is 26.9 Å². The minimum atomic E-state index is -4.75. The summed E-state index contributed by atoms with van der Waals surface area (Å²) in [5.74, 6) is -1.66. The van der Waals surface area contributed by atoms with E-state index in [9.17, 15) is 21.6 Å². The zero-order valence-electron chi connectivity index (χ0n) is 15.3. The van der Waals surface area contributed by atoms with Crippen LogP contribution in [0.5, 0.6) is 0 Å². The highest BCUT2D eigenvalue weighted by molar-refractivity contribution is 7.91. The van der Waals surface area contributed by atoms with Gasteiger partial charge in [-0.1, -0.05) is 35.5 Å². The second kappa shape index (κ2) is 8.64. The SMILES string of the molecule is O=C(O)O.O=S(=O)(N[C@H]1C[C@@H]1c1ccccc1)c1ccc(-c2noc(C(F)(F)F)n2)s1. The average Bonchev–Trinajstić information content (AvgIpc) is 3.10. The Morgan fingerprint density at radius 2 is 1.81 bits per heavy atom. The van der Waals surface area contributed by atoms with Crippen LogP contribution < -0.4 is 4.72 Å². The molecule has 3 N–H and O–H groups in total. The lowest BCUT2D eigenvalue weighted by molar-refractivity contribution is -0.159. The lowest BCUT2D eigenvalue weighted by Crippen LogP contribution is -2.26. The topological polar surface area (TPSA) is 143 Å². The van der Waals surface area contributed by atoms with Crippen molar-refractivity contribution in [1.29, 1.82) is 0 Å². The predicted octanol–water partition coefficient (Wildman–Crippen LogP) is 3.87. The number of halogens is 3. The molecule has 3 aromatic rings. The molecule has 1 saturated carbocycles. The summed E-state index contributed by atoms with van der Waals surface area (Å²) in [5, 5.41) is 17.2. The molecule has 0 spiro atoms. The Balaban J connectivity index is 0.000000628. The highest BCUT2D eigenvalue weighted by atomic mass is 32.2. The molecule has 2 aromatic heterocycles. The summed E-state index contributed by atoms with van der Waals surface area (Å²) in [6, 6.07) is 12.0. The standard InChI is InChI=1S/C16H12F3N3O3S2.CH2O3/c17-16(18,19)15-20-14(21-25-15)12-6-7-13(26-12)27(23,24)22-11-8-10(11)9-4-2-1-3-5-9;2-1(3)4/h1-7,10-11,22H,8H2;(H2,2,3,4)/t10-,11+;/m1./s1. The highest BCUT2D eigenvalue weighted by Crippen LogP contribution is 2.42. The van der Waals surface area contributed by atoms with E-state index in [1.165, 1.54) is 12.1 Å². The molecule has 14 heteroatoms. The summed E-state index contributed by atoms with van der Waals surface area (Å²) in [4.78, 5) is 12.0. The number of hydrogen-bond acceptors (Lipinski definition) is 7. The minimum Gasteiger partial charge on any atom is -0.450 e. The lowest BCUT2D eigenvalue weighted by Gasteiger charge is -2.04. The summed E-state index contributed by atoms with van der Waals surface area (Å²) < 4.78 is 69.4. The van der Waals surface area contributed by atoms with Crippen LogP contribution in [0, 0.1) is 0 Å². The minimum absolute atomic E-state index is 0.0189. The van der Waals surface area contributed by atoms with Gasteiger partial charge in [-0.25, -0.2) is 17.9 Å². The van der Waals surface area contributed by atoms with Crippen molar-refractivity contribution in [2.75, 3.05) is 0 Å². The number of aromatic nitrogens is 2. The van der Waals surface area contributed by atoms with Gasteiger partial charge in [-0.05, 0) is 24.1 Å². The molecule has 2 atom stereocenters. The largest absolute Gasteiger partial charge is 0.503 e. The number of benzene rings is 1. The van der Waals surface area contributed by atoms with Gasteiger partial charge in [-0.15, -0.1) is 11.3 Å².